The van der Waals surface area contributed by atoms with Crippen molar-refractivity contribution in [2.24, 2.45) is 0 Å². The van der Waals surface area contributed by atoms with E-state index in [1.165, 1.54) is 24.1 Å². The topological polar surface area (TPSA) is 53.2 Å². The highest BCUT2D eigenvalue weighted by Crippen LogP contribution is 2.04. The minimum atomic E-state index is -0.606. The van der Waals surface area contributed by atoms with Gasteiger partial charge in [0.2, 0.25) is 0 Å². The van der Waals surface area contributed by atoms with Crippen LogP contribution in [0.2, 0.25) is 0 Å². The molecule has 2 rings (SSSR count). The highest BCUT2D eigenvalue weighted by molar-refractivity contribution is 5.69. The van der Waals surface area contributed by atoms with E-state index in [9.17, 15) is 9.59 Å². The van der Waals surface area contributed by atoms with Gasteiger partial charge in [-0.05, 0) is 12.1 Å². The molecule has 0 saturated carbocycles. The van der Waals surface area contributed by atoms with E-state index in [0.29, 0.717) is 5.69 Å². The third kappa shape index (κ3) is 1.63. The summed E-state index contributed by atoms with van der Waals surface area (Å²) in [5, 5.41) is 0. The van der Waals surface area contributed by atoms with Gasteiger partial charge in [0, 0.05) is 12.3 Å². The van der Waals surface area contributed by atoms with Gasteiger partial charge in [-0.15, -0.1) is 0 Å². The molecule has 1 aromatic heterocycles. The Hall–Kier alpha value is -2.30. The monoisotopic (exact) mass is 218 g/mol. The SMILES string of the molecule is COC(=O)n1ccc(=O)n1-c1ccccc1. The molecule has 0 aliphatic heterocycles. The molecule has 82 valence electrons. The third-order valence-electron chi connectivity index (χ3n) is 2.14. The fraction of sp³-hybridized carbons (Fsp3) is 0.0909. The Kier molecular flexibility index (Phi) is 2.59. The van der Waals surface area contributed by atoms with Crippen molar-refractivity contribution in [3.63, 3.8) is 0 Å². The Labute approximate surface area is 91.5 Å². The van der Waals surface area contributed by atoms with Gasteiger partial charge in [-0.1, -0.05) is 18.2 Å². The number of carbonyl (C=O) groups is 1. The number of carbonyl (C=O) groups excluding carboxylic acids is 1. The zero-order valence-corrected chi connectivity index (χ0v) is 8.66. The summed E-state index contributed by atoms with van der Waals surface area (Å²) in [7, 11) is 1.27. The second-order valence-electron chi connectivity index (χ2n) is 3.12. The van der Waals surface area contributed by atoms with Crippen molar-refractivity contribution in [1.82, 2.24) is 9.36 Å². The zero-order chi connectivity index (χ0) is 11.5. The molecule has 2 aromatic rings. The van der Waals surface area contributed by atoms with Gasteiger partial charge < -0.3 is 4.74 Å². The second kappa shape index (κ2) is 4.06. The Balaban J connectivity index is 2.61. The molecule has 1 aromatic carbocycles. The molecule has 0 unspecified atom stereocenters. The van der Waals surface area contributed by atoms with E-state index in [-0.39, 0.29) is 5.56 Å². The average molecular weight is 218 g/mol. The number of benzene rings is 1. The number of nitrogens with zero attached hydrogens (tertiary/aromatic N) is 2. The predicted molar refractivity (Wildman–Crippen MR) is 57.8 cm³/mol. The zero-order valence-electron chi connectivity index (χ0n) is 8.66. The van der Waals surface area contributed by atoms with Crippen LogP contribution in [0.4, 0.5) is 4.79 Å². The minimum Gasteiger partial charge on any atom is -0.451 e. The molecule has 0 bridgehead atoms. The molecule has 5 heteroatoms. The fourth-order valence-electron chi connectivity index (χ4n) is 1.43. The third-order valence-corrected chi connectivity index (χ3v) is 2.14. The normalized spacial score (nSPS) is 10.1. The molecular formula is C11H10N2O3. The molecule has 0 aliphatic rings. The number of hydrogen-bond donors (Lipinski definition) is 0. The maximum Gasteiger partial charge on any atom is 0.433 e. The Morgan fingerprint density at radius 3 is 2.50 bits per heavy atom. The van der Waals surface area contributed by atoms with Gasteiger partial charge in [-0.25, -0.2) is 9.48 Å². The standard InChI is InChI=1S/C11H10N2O3/c1-16-11(15)12-8-7-10(14)13(12)9-5-3-2-4-6-9/h2-8H,1H3. The molecule has 0 fully saturated rings. The summed E-state index contributed by atoms with van der Waals surface area (Å²) in [6, 6.07) is 10.2. The number of methoxy groups -OCH3 is 1. The van der Waals surface area contributed by atoms with Crippen LogP contribution in [0.5, 0.6) is 0 Å². The molecule has 1 heterocycles. The van der Waals surface area contributed by atoms with E-state index in [1.54, 1.807) is 24.3 Å². The Morgan fingerprint density at radius 2 is 1.88 bits per heavy atom. The summed E-state index contributed by atoms with van der Waals surface area (Å²) >= 11 is 0. The summed E-state index contributed by atoms with van der Waals surface area (Å²) in [5.74, 6) is 0. The van der Waals surface area contributed by atoms with E-state index >= 15 is 0 Å². The van der Waals surface area contributed by atoms with Crippen molar-refractivity contribution in [2.45, 2.75) is 0 Å². The van der Waals surface area contributed by atoms with Crippen LogP contribution >= 0.6 is 0 Å². The van der Waals surface area contributed by atoms with E-state index < -0.39 is 6.09 Å². The van der Waals surface area contributed by atoms with Gasteiger partial charge in [0.05, 0.1) is 12.8 Å². The molecule has 0 atom stereocenters. The average Bonchev–Trinajstić information content (AvgIpc) is 2.71. The van der Waals surface area contributed by atoms with Crippen molar-refractivity contribution in [3.8, 4) is 5.69 Å². The van der Waals surface area contributed by atoms with Crippen LogP contribution in [0.15, 0.2) is 47.4 Å². The van der Waals surface area contributed by atoms with Gasteiger partial charge in [0.25, 0.3) is 5.56 Å². The van der Waals surface area contributed by atoms with Crippen LogP contribution < -0.4 is 5.56 Å². The number of ether oxygens (including phenoxy) is 1. The fourth-order valence-corrected chi connectivity index (χ4v) is 1.43. The van der Waals surface area contributed by atoms with Crippen LogP contribution in [-0.4, -0.2) is 22.6 Å². The van der Waals surface area contributed by atoms with Crippen LogP contribution in [0, 0.1) is 0 Å². The van der Waals surface area contributed by atoms with Crippen LogP contribution in [-0.2, 0) is 4.74 Å². The van der Waals surface area contributed by atoms with E-state index in [1.807, 2.05) is 6.07 Å². The number of para-hydroxylation sites is 1. The van der Waals surface area contributed by atoms with Crippen molar-refractivity contribution in [3.05, 3.63) is 52.9 Å². The first kappa shape index (κ1) is 10.2. The van der Waals surface area contributed by atoms with Gasteiger partial charge in [-0.3, -0.25) is 4.79 Å². The molecule has 5 nitrogen and oxygen atoms in total. The van der Waals surface area contributed by atoms with Crippen molar-refractivity contribution in [2.75, 3.05) is 7.11 Å². The molecule has 0 amide bonds. The summed E-state index contributed by atoms with van der Waals surface area (Å²) < 4.78 is 6.94. The van der Waals surface area contributed by atoms with Crippen molar-refractivity contribution >= 4 is 6.09 Å². The molecule has 16 heavy (non-hydrogen) atoms. The lowest BCUT2D eigenvalue weighted by Gasteiger charge is -2.08. The smallest absolute Gasteiger partial charge is 0.433 e. The van der Waals surface area contributed by atoms with Crippen molar-refractivity contribution in [1.29, 1.82) is 0 Å². The quantitative estimate of drug-likeness (QED) is 0.723. The minimum absolute atomic E-state index is 0.281. The first-order chi connectivity index (χ1) is 7.74. The first-order valence-electron chi connectivity index (χ1n) is 4.68. The van der Waals surface area contributed by atoms with E-state index in [0.717, 1.165) is 4.68 Å². The number of rotatable bonds is 1. The summed E-state index contributed by atoms with van der Waals surface area (Å²) in [6.07, 6.45) is 0.771. The van der Waals surface area contributed by atoms with Crippen LogP contribution in [0.25, 0.3) is 5.69 Å². The van der Waals surface area contributed by atoms with E-state index in [2.05, 4.69) is 4.74 Å². The molecule has 0 saturated heterocycles. The molecule has 0 N–H and O–H groups in total. The highest BCUT2D eigenvalue weighted by atomic mass is 16.5. The molecule has 0 radical (unpaired) electrons. The first-order valence-corrected chi connectivity index (χ1v) is 4.68. The number of hydrogen-bond acceptors (Lipinski definition) is 3. The van der Waals surface area contributed by atoms with Gasteiger partial charge in [-0.2, -0.15) is 4.68 Å². The van der Waals surface area contributed by atoms with E-state index in [4.69, 9.17) is 0 Å². The van der Waals surface area contributed by atoms with Crippen molar-refractivity contribution < 1.29 is 9.53 Å². The molecular weight excluding hydrogens is 208 g/mol. The summed E-state index contributed by atoms with van der Waals surface area (Å²) in [6.45, 7) is 0. The predicted octanol–water partition coefficient (Wildman–Crippen LogP) is 1.25. The van der Waals surface area contributed by atoms with Gasteiger partial charge in [0.1, 0.15) is 0 Å². The van der Waals surface area contributed by atoms with Gasteiger partial charge >= 0.3 is 6.09 Å². The lowest BCUT2D eigenvalue weighted by Crippen LogP contribution is -2.25. The summed E-state index contributed by atoms with van der Waals surface area (Å²) in [4.78, 5) is 23.0. The lowest BCUT2D eigenvalue weighted by molar-refractivity contribution is 0.166. The largest absolute Gasteiger partial charge is 0.451 e. The Bertz CT molecular complexity index is 554. The molecule has 0 aliphatic carbocycles. The summed E-state index contributed by atoms with van der Waals surface area (Å²) in [5.41, 5.74) is 0.333. The van der Waals surface area contributed by atoms with Crippen LogP contribution in [0.3, 0.4) is 0 Å². The number of aromatic nitrogens is 2. The maximum atomic E-state index is 11.6. The Morgan fingerprint density at radius 1 is 1.19 bits per heavy atom. The highest BCUT2D eigenvalue weighted by Gasteiger charge is 2.11. The maximum absolute atomic E-state index is 11.6. The second-order valence-corrected chi connectivity index (χ2v) is 3.12. The lowest BCUT2D eigenvalue weighted by atomic mass is 10.3. The molecule has 0 spiro atoms. The van der Waals surface area contributed by atoms with Gasteiger partial charge in [0.15, 0.2) is 0 Å². The van der Waals surface area contributed by atoms with Crippen LogP contribution in [0.1, 0.15) is 0 Å².